The SMILES string of the molecule is COCCCN1C(=O)C(c2ccccc2)NC1CC(C)C. The van der Waals surface area contributed by atoms with E-state index in [9.17, 15) is 4.79 Å². The average molecular weight is 290 g/mol. The fourth-order valence-electron chi connectivity index (χ4n) is 2.84. The zero-order valence-corrected chi connectivity index (χ0v) is 13.2. The van der Waals surface area contributed by atoms with Crippen molar-refractivity contribution in [3.8, 4) is 0 Å². The number of carbonyl (C=O) groups is 1. The van der Waals surface area contributed by atoms with Crippen molar-refractivity contribution in [1.82, 2.24) is 10.2 Å². The van der Waals surface area contributed by atoms with Gasteiger partial charge in [0, 0.05) is 20.3 Å². The van der Waals surface area contributed by atoms with E-state index < -0.39 is 0 Å². The van der Waals surface area contributed by atoms with Crippen LogP contribution in [0.15, 0.2) is 30.3 Å². The van der Waals surface area contributed by atoms with E-state index in [1.165, 1.54) is 0 Å². The Labute approximate surface area is 127 Å². The van der Waals surface area contributed by atoms with Gasteiger partial charge in [0.05, 0.1) is 6.17 Å². The lowest BCUT2D eigenvalue weighted by Gasteiger charge is -2.25. The Kier molecular flexibility index (Phi) is 5.76. The number of rotatable bonds is 7. The van der Waals surface area contributed by atoms with Crippen LogP contribution in [-0.4, -0.2) is 37.2 Å². The highest BCUT2D eigenvalue weighted by molar-refractivity contribution is 5.85. The molecule has 1 amide bonds. The normalized spacial score (nSPS) is 22.3. The maximum absolute atomic E-state index is 12.7. The highest BCUT2D eigenvalue weighted by Gasteiger charge is 2.39. The number of hydrogen-bond donors (Lipinski definition) is 1. The summed E-state index contributed by atoms with van der Waals surface area (Å²) in [5, 5.41) is 3.50. The van der Waals surface area contributed by atoms with Crippen molar-refractivity contribution in [1.29, 1.82) is 0 Å². The molecule has 1 aromatic carbocycles. The lowest BCUT2D eigenvalue weighted by atomic mass is 10.1. The molecule has 1 aromatic rings. The van der Waals surface area contributed by atoms with Crippen LogP contribution in [0, 0.1) is 5.92 Å². The highest BCUT2D eigenvalue weighted by Crippen LogP contribution is 2.27. The van der Waals surface area contributed by atoms with Gasteiger partial charge in [0.1, 0.15) is 6.04 Å². The molecule has 2 rings (SSSR count). The molecular weight excluding hydrogens is 264 g/mol. The Balaban J connectivity index is 2.10. The van der Waals surface area contributed by atoms with E-state index in [1.807, 2.05) is 35.2 Å². The number of nitrogens with one attached hydrogen (secondary N) is 1. The van der Waals surface area contributed by atoms with Gasteiger partial charge in [-0.15, -0.1) is 0 Å². The van der Waals surface area contributed by atoms with Crippen molar-refractivity contribution in [3.05, 3.63) is 35.9 Å². The maximum Gasteiger partial charge on any atom is 0.245 e. The molecule has 0 aliphatic carbocycles. The van der Waals surface area contributed by atoms with Gasteiger partial charge in [-0.05, 0) is 24.3 Å². The standard InChI is InChI=1S/C17H26N2O2/c1-13(2)12-15-18-16(14-8-5-4-6-9-14)17(20)19(15)10-7-11-21-3/h4-6,8-9,13,15-16,18H,7,10-12H2,1-3H3. The van der Waals surface area contributed by atoms with E-state index in [0.717, 1.165) is 24.9 Å². The molecule has 0 radical (unpaired) electrons. The largest absolute Gasteiger partial charge is 0.385 e. The zero-order chi connectivity index (χ0) is 15.2. The Bertz CT molecular complexity index is 447. The molecule has 4 nitrogen and oxygen atoms in total. The molecule has 1 N–H and O–H groups in total. The first-order valence-electron chi connectivity index (χ1n) is 7.74. The smallest absolute Gasteiger partial charge is 0.245 e. The molecule has 4 heteroatoms. The molecule has 1 fully saturated rings. The van der Waals surface area contributed by atoms with Crippen molar-refractivity contribution >= 4 is 5.91 Å². The first-order valence-corrected chi connectivity index (χ1v) is 7.74. The van der Waals surface area contributed by atoms with Gasteiger partial charge in [-0.3, -0.25) is 10.1 Å². The minimum absolute atomic E-state index is 0.125. The third-order valence-electron chi connectivity index (χ3n) is 3.84. The number of carbonyl (C=O) groups excluding carboxylic acids is 1. The summed E-state index contributed by atoms with van der Waals surface area (Å²) in [5.41, 5.74) is 1.05. The van der Waals surface area contributed by atoms with E-state index >= 15 is 0 Å². The van der Waals surface area contributed by atoms with Gasteiger partial charge in [0.15, 0.2) is 0 Å². The van der Waals surface area contributed by atoms with Crippen LogP contribution in [0.4, 0.5) is 0 Å². The molecule has 0 spiro atoms. The third-order valence-corrected chi connectivity index (χ3v) is 3.84. The topological polar surface area (TPSA) is 41.6 Å². The number of nitrogens with zero attached hydrogens (tertiary/aromatic N) is 1. The van der Waals surface area contributed by atoms with E-state index in [1.54, 1.807) is 7.11 Å². The van der Waals surface area contributed by atoms with E-state index in [0.29, 0.717) is 12.5 Å². The number of methoxy groups -OCH3 is 1. The van der Waals surface area contributed by atoms with Gasteiger partial charge in [0.25, 0.3) is 0 Å². The van der Waals surface area contributed by atoms with E-state index in [-0.39, 0.29) is 18.1 Å². The van der Waals surface area contributed by atoms with Crippen LogP contribution < -0.4 is 5.32 Å². The predicted molar refractivity (Wildman–Crippen MR) is 83.8 cm³/mol. The zero-order valence-electron chi connectivity index (χ0n) is 13.2. The lowest BCUT2D eigenvalue weighted by Crippen LogP contribution is -2.39. The van der Waals surface area contributed by atoms with Crippen LogP contribution in [0.25, 0.3) is 0 Å². The van der Waals surface area contributed by atoms with Crippen molar-refractivity contribution in [2.45, 2.75) is 38.9 Å². The summed E-state index contributed by atoms with van der Waals surface area (Å²) in [6, 6.07) is 9.76. The van der Waals surface area contributed by atoms with Crippen LogP contribution in [0.2, 0.25) is 0 Å². The molecule has 1 saturated heterocycles. The summed E-state index contributed by atoms with van der Waals surface area (Å²) < 4.78 is 5.11. The minimum atomic E-state index is -0.211. The van der Waals surface area contributed by atoms with Crippen LogP contribution in [0.3, 0.4) is 0 Å². The van der Waals surface area contributed by atoms with Gasteiger partial charge >= 0.3 is 0 Å². The quantitative estimate of drug-likeness (QED) is 0.785. The van der Waals surface area contributed by atoms with Crippen LogP contribution in [0.1, 0.15) is 38.3 Å². The molecule has 2 atom stereocenters. The number of amides is 1. The maximum atomic E-state index is 12.7. The second-order valence-electron chi connectivity index (χ2n) is 6.03. The molecule has 0 aromatic heterocycles. The monoisotopic (exact) mass is 290 g/mol. The average Bonchev–Trinajstić information content (AvgIpc) is 2.77. The molecule has 0 saturated carbocycles. The van der Waals surface area contributed by atoms with Crippen molar-refractivity contribution < 1.29 is 9.53 Å². The molecule has 1 heterocycles. The molecule has 21 heavy (non-hydrogen) atoms. The van der Waals surface area contributed by atoms with E-state index in [2.05, 4.69) is 19.2 Å². The van der Waals surface area contributed by atoms with Gasteiger partial charge in [0.2, 0.25) is 5.91 Å². The molecule has 2 unspecified atom stereocenters. The van der Waals surface area contributed by atoms with Crippen LogP contribution in [0.5, 0.6) is 0 Å². The molecule has 0 bridgehead atoms. The molecule has 116 valence electrons. The Morgan fingerprint density at radius 1 is 1.29 bits per heavy atom. The molecular formula is C17H26N2O2. The summed E-state index contributed by atoms with van der Waals surface area (Å²) >= 11 is 0. The van der Waals surface area contributed by atoms with Crippen LogP contribution >= 0.6 is 0 Å². The Morgan fingerprint density at radius 2 is 2.00 bits per heavy atom. The van der Waals surface area contributed by atoms with Crippen molar-refractivity contribution in [2.24, 2.45) is 5.92 Å². The molecule has 1 aliphatic heterocycles. The van der Waals surface area contributed by atoms with Gasteiger partial charge in [-0.25, -0.2) is 0 Å². The Morgan fingerprint density at radius 3 is 2.62 bits per heavy atom. The fourth-order valence-corrected chi connectivity index (χ4v) is 2.84. The second kappa shape index (κ2) is 7.57. The van der Waals surface area contributed by atoms with Crippen LogP contribution in [-0.2, 0) is 9.53 Å². The van der Waals surface area contributed by atoms with Gasteiger partial charge < -0.3 is 9.64 Å². The first-order chi connectivity index (χ1) is 10.1. The highest BCUT2D eigenvalue weighted by atomic mass is 16.5. The van der Waals surface area contributed by atoms with E-state index in [4.69, 9.17) is 4.74 Å². The number of ether oxygens (including phenoxy) is 1. The number of hydrogen-bond acceptors (Lipinski definition) is 3. The summed E-state index contributed by atoms with van der Waals surface area (Å²) in [4.78, 5) is 14.7. The van der Waals surface area contributed by atoms with Gasteiger partial charge in [-0.1, -0.05) is 44.2 Å². The fraction of sp³-hybridized carbons (Fsp3) is 0.588. The summed E-state index contributed by atoms with van der Waals surface area (Å²) in [5.74, 6) is 0.734. The first kappa shape index (κ1) is 16.0. The van der Waals surface area contributed by atoms with Crippen molar-refractivity contribution in [2.75, 3.05) is 20.3 Å². The van der Waals surface area contributed by atoms with Crippen molar-refractivity contribution in [3.63, 3.8) is 0 Å². The lowest BCUT2D eigenvalue weighted by molar-refractivity contribution is -0.130. The Hall–Kier alpha value is -1.39. The predicted octanol–water partition coefficient (Wildman–Crippen LogP) is 2.57. The minimum Gasteiger partial charge on any atom is -0.385 e. The second-order valence-corrected chi connectivity index (χ2v) is 6.03. The third kappa shape index (κ3) is 4.05. The summed E-state index contributed by atoms with van der Waals surface area (Å²) in [6.07, 6.45) is 1.97. The number of benzene rings is 1. The summed E-state index contributed by atoms with van der Waals surface area (Å²) in [6.45, 7) is 5.82. The molecule has 1 aliphatic rings. The summed E-state index contributed by atoms with van der Waals surface area (Å²) in [7, 11) is 1.70. The van der Waals surface area contributed by atoms with Gasteiger partial charge in [-0.2, -0.15) is 0 Å².